The molecule has 0 radical (unpaired) electrons. The van der Waals surface area contributed by atoms with Crippen molar-refractivity contribution in [3.8, 4) is 6.07 Å². The summed E-state index contributed by atoms with van der Waals surface area (Å²) in [6, 6.07) is 12.1. The Morgan fingerprint density at radius 3 is 2.74 bits per heavy atom. The van der Waals surface area contributed by atoms with Crippen LogP contribution in [-0.2, 0) is 11.2 Å². The SMILES string of the molecule is CN1CCN(CCc2ccccc2)C(CC#N)C1=O. The highest BCUT2D eigenvalue weighted by atomic mass is 16.2. The Morgan fingerprint density at radius 1 is 1.32 bits per heavy atom. The third-order valence-electron chi connectivity index (χ3n) is 3.64. The minimum absolute atomic E-state index is 0.0702. The Bertz CT molecular complexity index is 466. The van der Waals surface area contributed by atoms with Gasteiger partial charge in [0.25, 0.3) is 0 Å². The number of amides is 1. The summed E-state index contributed by atoms with van der Waals surface area (Å²) in [5, 5.41) is 8.88. The van der Waals surface area contributed by atoms with Crippen molar-refractivity contribution in [2.75, 3.05) is 26.7 Å². The maximum absolute atomic E-state index is 12.1. The van der Waals surface area contributed by atoms with Gasteiger partial charge >= 0.3 is 0 Å². The largest absolute Gasteiger partial charge is 0.343 e. The van der Waals surface area contributed by atoms with E-state index in [0.29, 0.717) is 0 Å². The van der Waals surface area contributed by atoms with Gasteiger partial charge in [0, 0.05) is 26.7 Å². The lowest BCUT2D eigenvalue weighted by molar-refractivity contribution is -0.139. The van der Waals surface area contributed by atoms with Gasteiger partial charge < -0.3 is 4.90 Å². The molecular formula is C15H19N3O. The van der Waals surface area contributed by atoms with Gasteiger partial charge in [0.15, 0.2) is 0 Å². The number of carbonyl (C=O) groups is 1. The van der Waals surface area contributed by atoms with Gasteiger partial charge in [0.2, 0.25) is 5.91 Å². The van der Waals surface area contributed by atoms with Gasteiger partial charge in [0.1, 0.15) is 6.04 Å². The second-order valence-electron chi connectivity index (χ2n) is 4.91. The summed E-state index contributed by atoms with van der Waals surface area (Å²) in [5.74, 6) is 0.0702. The molecule has 100 valence electrons. The molecule has 2 rings (SSSR count). The zero-order valence-corrected chi connectivity index (χ0v) is 11.2. The van der Waals surface area contributed by atoms with Crippen LogP contribution in [0.3, 0.4) is 0 Å². The minimum Gasteiger partial charge on any atom is -0.343 e. The first-order valence-corrected chi connectivity index (χ1v) is 6.62. The lowest BCUT2D eigenvalue weighted by Gasteiger charge is -2.38. The normalized spacial score (nSPS) is 20.3. The van der Waals surface area contributed by atoms with Crippen LogP contribution in [0.25, 0.3) is 0 Å². The molecule has 1 heterocycles. The number of carbonyl (C=O) groups excluding carboxylic acids is 1. The fourth-order valence-electron chi connectivity index (χ4n) is 2.44. The molecule has 0 aromatic heterocycles. The molecule has 4 nitrogen and oxygen atoms in total. The average molecular weight is 257 g/mol. The van der Waals surface area contributed by atoms with Gasteiger partial charge in [-0.2, -0.15) is 5.26 Å². The molecule has 1 aromatic carbocycles. The van der Waals surface area contributed by atoms with Gasteiger partial charge in [-0.25, -0.2) is 0 Å². The molecule has 0 spiro atoms. The molecule has 1 fully saturated rings. The lowest BCUT2D eigenvalue weighted by Crippen LogP contribution is -2.55. The van der Waals surface area contributed by atoms with Gasteiger partial charge in [0.05, 0.1) is 12.5 Å². The van der Waals surface area contributed by atoms with E-state index in [1.807, 2.05) is 18.2 Å². The summed E-state index contributed by atoms with van der Waals surface area (Å²) in [6.45, 7) is 2.42. The topological polar surface area (TPSA) is 47.3 Å². The third-order valence-corrected chi connectivity index (χ3v) is 3.64. The number of piperazine rings is 1. The number of rotatable bonds is 4. The number of likely N-dealkylation sites (N-methyl/N-ethyl adjacent to an activating group) is 1. The van der Waals surface area contributed by atoms with Crippen molar-refractivity contribution in [2.45, 2.75) is 18.9 Å². The maximum atomic E-state index is 12.1. The average Bonchev–Trinajstić information content (AvgIpc) is 2.44. The molecule has 19 heavy (non-hydrogen) atoms. The van der Waals surface area contributed by atoms with Crippen LogP contribution in [0.1, 0.15) is 12.0 Å². The molecule has 4 heteroatoms. The zero-order valence-electron chi connectivity index (χ0n) is 11.2. The van der Waals surface area contributed by atoms with Gasteiger partial charge in [-0.3, -0.25) is 9.69 Å². The Balaban J connectivity index is 1.98. The minimum atomic E-state index is -0.271. The predicted octanol–water partition coefficient (Wildman–Crippen LogP) is 1.29. The Hall–Kier alpha value is -1.86. The lowest BCUT2D eigenvalue weighted by atomic mass is 10.1. The first-order chi connectivity index (χ1) is 9.22. The molecule has 1 amide bonds. The summed E-state index contributed by atoms with van der Waals surface area (Å²) in [6.07, 6.45) is 1.19. The van der Waals surface area contributed by atoms with Crippen molar-refractivity contribution in [1.29, 1.82) is 5.26 Å². The van der Waals surface area contributed by atoms with Crippen molar-refractivity contribution >= 4 is 5.91 Å². The molecule has 0 saturated carbocycles. The van der Waals surface area contributed by atoms with Gasteiger partial charge in [-0.15, -0.1) is 0 Å². The first-order valence-electron chi connectivity index (χ1n) is 6.62. The standard InChI is InChI=1S/C15H19N3O/c1-17-11-12-18(14(7-9-16)15(17)19)10-8-13-5-3-2-4-6-13/h2-6,14H,7-8,10-12H2,1H3. The van der Waals surface area contributed by atoms with E-state index < -0.39 is 0 Å². The molecule has 1 aliphatic rings. The zero-order chi connectivity index (χ0) is 13.7. The molecule has 0 aliphatic carbocycles. The van der Waals surface area contributed by atoms with Crippen molar-refractivity contribution in [3.63, 3.8) is 0 Å². The van der Waals surface area contributed by atoms with E-state index >= 15 is 0 Å². The highest BCUT2D eigenvalue weighted by Gasteiger charge is 2.32. The number of hydrogen-bond acceptors (Lipinski definition) is 3. The van der Waals surface area contributed by atoms with Crippen LogP contribution in [-0.4, -0.2) is 48.4 Å². The summed E-state index contributed by atoms with van der Waals surface area (Å²) in [5.41, 5.74) is 1.27. The van der Waals surface area contributed by atoms with Gasteiger partial charge in [-0.05, 0) is 12.0 Å². The van der Waals surface area contributed by atoms with E-state index in [-0.39, 0.29) is 18.4 Å². The number of nitrogens with zero attached hydrogens (tertiary/aromatic N) is 3. The van der Waals surface area contributed by atoms with E-state index in [2.05, 4.69) is 23.1 Å². The number of hydrogen-bond donors (Lipinski definition) is 0. The van der Waals surface area contributed by atoms with Crippen molar-refractivity contribution in [1.82, 2.24) is 9.80 Å². The van der Waals surface area contributed by atoms with E-state index in [4.69, 9.17) is 5.26 Å². The van der Waals surface area contributed by atoms with Crippen LogP contribution >= 0.6 is 0 Å². The van der Waals surface area contributed by atoms with Crippen LogP contribution < -0.4 is 0 Å². The monoisotopic (exact) mass is 257 g/mol. The summed E-state index contributed by atoms with van der Waals surface area (Å²) in [4.78, 5) is 15.9. The molecule has 1 aromatic rings. The number of nitriles is 1. The smallest absolute Gasteiger partial charge is 0.240 e. The second-order valence-corrected chi connectivity index (χ2v) is 4.91. The van der Waals surface area contributed by atoms with E-state index in [1.165, 1.54) is 5.56 Å². The molecule has 1 aliphatic heterocycles. The number of benzene rings is 1. The van der Waals surface area contributed by atoms with Crippen LogP contribution in [0.15, 0.2) is 30.3 Å². The Labute approximate surface area is 114 Å². The molecule has 1 atom stereocenters. The summed E-state index contributed by atoms with van der Waals surface area (Å²) < 4.78 is 0. The van der Waals surface area contributed by atoms with Crippen LogP contribution in [0, 0.1) is 11.3 Å². The predicted molar refractivity (Wildman–Crippen MR) is 73.4 cm³/mol. The quantitative estimate of drug-likeness (QED) is 0.816. The molecule has 1 unspecified atom stereocenters. The fourth-order valence-corrected chi connectivity index (χ4v) is 2.44. The molecule has 0 bridgehead atoms. The van der Waals surface area contributed by atoms with Crippen LogP contribution in [0.5, 0.6) is 0 Å². The van der Waals surface area contributed by atoms with Crippen molar-refractivity contribution in [2.24, 2.45) is 0 Å². The summed E-state index contributed by atoms with van der Waals surface area (Å²) in [7, 11) is 1.81. The van der Waals surface area contributed by atoms with E-state index in [9.17, 15) is 4.79 Å². The van der Waals surface area contributed by atoms with Crippen LogP contribution in [0.4, 0.5) is 0 Å². The highest BCUT2D eigenvalue weighted by molar-refractivity contribution is 5.82. The van der Waals surface area contributed by atoms with Gasteiger partial charge in [-0.1, -0.05) is 30.3 Å². The van der Waals surface area contributed by atoms with E-state index in [0.717, 1.165) is 26.1 Å². The fraction of sp³-hybridized carbons (Fsp3) is 0.467. The molecule has 1 saturated heterocycles. The summed E-state index contributed by atoms with van der Waals surface area (Å²) >= 11 is 0. The first kappa shape index (κ1) is 13.6. The van der Waals surface area contributed by atoms with Crippen LogP contribution in [0.2, 0.25) is 0 Å². The van der Waals surface area contributed by atoms with E-state index in [1.54, 1.807) is 11.9 Å². The van der Waals surface area contributed by atoms with Crippen molar-refractivity contribution in [3.05, 3.63) is 35.9 Å². The van der Waals surface area contributed by atoms with Crippen molar-refractivity contribution < 1.29 is 4.79 Å². The third kappa shape index (κ3) is 3.33. The molecule has 0 N–H and O–H groups in total. The molecular weight excluding hydrogens is 238 g/mol. The maximum Gasteiger partial charge on any atom is 0.240 e. The Kier molecular flexibility index (Phi) is 4.53. The Morgan fingerprint density at radius 2 is 2.05 bits per heavy atom. The second kappa shape index (κ2) is 6.35. The highest BCUT2D eigenvalue weighted by Crippen LogP contribution is 2.14.